The highest BCUT2D eigenvalue weighted by molar-refractivity contribution is 7.92. The molecule has 0 aromatic heterocycles. The van der Waals surface area contributed by atoms with Gasteiger partial charge in [0.15, 0.2) is 9.84 Å². The number of benzene rings is 1. The zero-order valence-electron chi connectivity index (χ0n) is 25.6. The summed E-state index contributed by atoms with van der Waals surface area (Å²) in [6, 6.07) is 9.09. The third-order valence-corrected chi connectivity index (χ3v) is 16.9. The van der Waals surface area contributed by atoms with Gasteiger partial charge in [0.05, 0.1) is 21.9 Å². The normalized spacial score (nSPS) is 43.5. The lowest BCUT2D eigenvalue weighted by Crippen LogP contribution is -2.54. The molecule has 228 valence electrons. The highest BCUT2D eigenvalue weighted by Crippen LogP contribution is 2.68. The second kappa shape index (κ2) is 10.1. The minimum absolute atomic E-state index is 0.105. The maximum atomic E-state index is 14.3. The quantitative estimate of drug-likeness (QED) is 0.360. The Labute approximate surface area is 249 Å². The molecule has 6 fully saturated rings. The topological polar surface area (TPSA) is 74.6 Å². The van der Waals surface area contributed by atoms with Gasteiger partial charge >= 0.3 is 0 Å². The zero-order chi connectivity index (χ0) is 28.7. The summed E-state index contributed by atoms with van der Waals surface area (Å²) in [5.74, 6) is 3.25. The molecule has 6 aliphatic rings. The van der Waals surface area contributed by atoms with Crippen molar-refractivity contribution in [2.45, 2.75) is 145 Å². The molecular formula is C36H54O4S. The van der Waals surface area contributed by atoms with Gasteiger partial charge in [-0.25, -0.2) is 8.42 Å². The smallest absolute Gasteiger partial charge is 0.181 e. The number of aliphatic hydroxyl groups excluding tert-OH is 1. The standard InChI is InChI=1S/C36H54O4S/c1-33-14-12-27(37)22-25(33)8-10-30-31-11-9-26(34(31,2)15-13-32(30)33)23-29(41(39,40)28-6-4-3-5-7-28)24-36(38)20-18-35(16-17-35)19-21-36/h3-7,25-27,29-32,37-38H,8-24H2,1-2H3. The van der Waals surface area contributed by atoms with Gasteiger partial charge in [0.1, 0.15) is 0 Å². The van der Waals surface area contributed by atoms with Crippen LogP contribution in [0.2, 0.25) is 0 Å². The van der Waals surface area contributed by atoms with Gasteiger partial charge < -0.3 is 10.2 Å². The molecule has 0 bridgehead atoms. The first-order chi connectivity index (χ1) is 19.5. The lowest BCUT2D eigenvalue weighted by atomic mass is 9.44. The molecule has 1 spiro atoms. The molecule has 4 nitrogen and oxygen atoms in total. The number of fused-ring (bicyclic) bond motifs is 5. The summed E-state index contributed by atoms with van der Waals surface area (Å²) in [7, 11) is -3.54. The van der Waals surface area contributed by atoms with E-state index in [9.17, 15) is 18.6 Å². The summed E-state index contributed by atoms with van der Waals surface area (Å²) in [6.45, 7) is 5.07. The van der Waals surface area contributed by atoms with E-state index >= 15 is 0 Å². The molecule has 41 heavy (non-hydrogen) atoms. The Morgan fingerprint density at radius 1 is 0.805 bits per heavy atom. The van der Waals surface area contributed by atoms with Crippen molar-refractivity contribution in [2.24, 2.45) is 45.8 Å². The van der Waals surface area contributed by atoms with Crippen molar-refractivity contribution in [1.29, 1.82) is 0 Å². The van der Waals surface area contributed by atoms with Gasteiger partial charge in [-0.2, -0.15) is 0 Å². The van der Waals surface area contributed by atoms with Crippen molar-refractivity contribution in [2.75, 3.05) is 0 Å². The lowest BCUT2D eigenvalue weighted by Gasteiger charge is -2.61. The molecular weight excluding hydrogens is 528 g/mol. The fourth-order valence-corrected chi connectivity index (χ4v) is 13.7. The van der Waals surface area contributed by atoms with Crippen LogP contribution in [-0.2, 0) is 9.84 Å². The van der Waals surface area contributed by atoms with Crippen molar-refractivity contribution in [3.63, 3.8) is 0 Å². The van der Waals surface area contributed by atoms with Crippen molar-refractivity contribution in [3.8, 4) is 0 Å². The predicted molar refractivity (Wildman–Crippen MR) is 163 cm³/mol. The van der Waals surface area contributed by atoms with Crippen LogP contribution in [-0.4, -0.2) is 35.6 Å². The molecule has 1 aromatic carbocycles. The first kappa shape index (κ1) is 28.8. The van der Waals surface area contributed by atoms with Crippen molar-refractivity contribution in [3.05, 3.63) is 30.3 Å². The first-order valence-corrected chi connectivity index (χ1v) is 18.7. The molecule has 0 amide bonds. The van der Waals surface area contributed by atoms with Crippen LogP contribution in [0.25, 0.3) is 0 Å². The highest BCUT2D eigenvalue weighted by atomic mass is 32.2. The fraction of sp³-hybridized carbons (Fsp3) is 0.833. The molecule has 1 aromatic rings. The maximum absolute atomic E-state index is 14.3. The second-order valence-electron chi connectivity index (χ2n) is 16.5. The Morgan fingerprint density at radius 3 is 2.17 bits per heavy atom. The van der Waals surface area contributed by atoms with Crippen molar-refractivity contribution in [1.82, 2.24) is 0 Å². The average molecular weight is 583 g/mol. The summed E-state index contributed by atoms with van der Waals surface area (Å²) in [5, 5.41) is 21.7. The Bertz CT molecular complexity index is 1210. The number of aliphatic hydroxyl groups is 2. The van der Waals surface area contributed by atoms with Gasteiger partial charge in [0.2, 0.25) is 0 Å². The Hall–Kier alpha value is -0.910. The van der Waals surface area contributed by atoms with Crippen LogP contribution in [0.3, 0.4) is 0 Å². The molecule has 0 aliphatic heterocycles. The minimum Gasteiger partial charge on any atom is -0.393 e. The minimum atomic E-state index is -3.54. The van der Waals surface area contributed by atoms with Gasteiger partial charge in [-0.1, -0.05) is 32.0 Å². The summed E-state index contributed by atoms with van der Waals surface area (Å²) >= 11 is 0. The van der Waals surface area contributed by atoms with Gasteiger partial charge in [0.25, 0.3) is 0 Å². The molecule has 2 N–H and O–H groups in total. The van der Waals surface area contributed by atoms with E-state index in [1.54, 1.807) is 12.1 Å². The van der Waals surface area contributed by atoms with Gasteiger partial charge in [-0.3, -0.25) is 0 Å². The van der Waals surface area contributed by atoms with Crippen LogP contribution >= 0.6 is 0 Å². The summed E-state index contributed by atoms with van der Waals surface area (Å²) in [5.41, 5.74) is 0.173. The van der Waals surface area contributed by atoms with E-state index in [-0.39, 0.29) is 11.5 Å². The van der Waals surface area contributed by atoms with E-state index in [0.29, 0.717) is 46.3 Å². The van der Waals surface area contributed by atoms with Gasteiger partial charge in [-0.15, -0.1) is 0 Å². The van der Waals surface area contributed by atoms with Crippen LogP contribution < -0.4 is 0 Å². The maximum Gasteiger partial charge on any atom is 0.181 e. The molecule has 7 rings (SSSR count). The van der Waals surface area contributed by atoms with Crippen LogP contribution in [0.4, 0.5) is 0 Å². The summed E-state index contributed by atoms with van der Waals surface area (Å²) in [4.78, 5) is 0.428. The number of hydrogen-bond donors (Lipinski definition) is 2. The summed E-state index contributed by atoms with van der Waals surface area (Å²) < 4.78 is 28.5. The van der Waals surface area contributed by atoms with Crippen molar-refractivity contribution < 1.29 is 18.6 Å². The second-order valence-corrected chi connectivity index (χ2v) is 18.8. The monoisotopic (exact) mass is 582 g/mol. The van der Waals surface area contributed by atoms with Crippen molar-refractivity contribution >= 4 is 9.84 Å². The third-order valence-electron chi connectivity index (χ3n) is 14.7. The highest BCUT2D eigenvalue weighted by Gasteiger charge is 2.60. The number of rotatable bonds is 6. The molecule has 6 aliphatic carbocycles. The van der Waals surface area contributed by atoms with Crippen LogP contribution in [0.15, 0.2) is 35.2 Å². The molecule has 0 heterocycles. The van der Waals surface area contributed by atoms with E-state index in [1.165, 1.54) is 51.4 Å². The average Bonchev–Trinajstić information content (AvgIpc) is 3.64. The third kappa shape index (κ3) is 4.87. The van der Waals surface area contributed by atoms with Gasteiger partial charge in [-0.05, 0) is 167 Å². The van der Waals surface area contributed by atoms with E-state index in [0.717, 1.165) is 56.8 Å². The van der Waals surface area contributed by atoms with E-state index in [4.69, 9.17) is 0 Å². The predicted octanol–water partition coefficient (Wildman–Crippen LogP) is 7.71. The molecule has 5 heteroatoms. The van der Waals surface area contributed by atoms with Crippen LogP contribution in [0, 0.1) is 45.8 Å². The molecule has 9 unspecified atom stereocenters. The van der Waals surface area contributed by atoms with E-state index in [2.05, 4.69) is 13.8 Å². The van der Waals surface area contributed by atoms with E-state index in [1.807, 2.05) is 18.2 Å². The summed E-state index contributed by atoms with van der Waals surface area (Å²) in [6.07, 6.45) is 17.7. The molecule has 0 radical (unpaired) electrons. The lowest BCUT2D eigenvalue weighted by molar-refractivity contribution is -0.127. The molecule has 0 saturated heterocycles. The Balaban J connectivity index is 1.13. The zero-order valence-corrected chi connectivity index (χ0v) is 26.4. The van der Waals surface area contributed by atoms with E-state index < -0.39 is 20.7 Å². The Morgan fingerprint density at radius 2 is 1.46 bits per heavy atom. The van der Waals surface area contributed by atoms with Crippen LogP contribution in [0.5, 0.6) is 0 Å². The number of sulfone groups is 1. The first-order valence-electron chi connectivity index (χ1n) is 17.2. The van der Waals surface area contributed by atoms with Gasteiger partial charge in [0, 0.05) is 0 Å². The number of hydrogen-bond acceptors (Lipinski definition) is 4. The largest absolute Gasteiger partial charge is 0.393 e. The molecule has 6 saturated carbocycles. The fourth-order valence-electron chi connectivity index (χ4n) is 11.7. The van der Waals surface area contributed by atoms with Crippen LogP contribution in [0.1, 0.15) is 123 Å². The Kier molecular flexibility index (Phi) is 7.07. The SMILES string of the molecule is CC12CCC(O)CC1CCC1C2CCC2(C)C(CC(CC3(O)CCC4(CC3)CC4)S(=O)(=O)c3ccccc3)CCC12. The molecule has 9 atom stereocenters.